The lowest BCUT2D eigenvalue weighted by atomic mass is 9.79. The Morgan fingerprint density at radius 3 is 1.32 bits per heavy atom. The Balaban J connectivity index is 1.56. The molecule has 2 fully saturated rings. The first kappa shape index (κ1) is 23.3. The molecule has 2 aliphatic rings. The van der Waals surface area contributed by atoms with Gasteiger partial charge in [-0.05, 0) is 87.2 Å². The molecular formula is C28H46. The Morgan fingerprint density at radius 2 is 0.964 bits per heavy atom. The molecule has 0 unspecified atom stereocenters. The van der Waals surface area contributed by atoms with Gasteiger partial charge in [0.2, 0.25) is 0 Å². The molecule has 0 bridgehead atoms. The average molecular weight is 383 g/mol. The van der Waals surface area contributed by atoms with Crippen LogP contribution in [0.1, 0.15) is 117 Å². The van der Waals surface area contributed by atoms with E-state index in [9.17, 15) is 0 Å². The van der Waals surface area contributed by atoms with E-state index in [0.29, 0.717) is 0 Å². The lowest BCUT2D eigenvalue weighted by molar-refractivity contribution is 0.289. The Labute approximate surface area is 176 Å². The zero-order valence-electron chi connectivity index (χ0n) is 18.9. The highest BCUT2D eigenvalue weighted by atomic mass is 14.2. The summed E-state index contributed by atoms with van der Waals surface area (Å²) in [5.74, 6) is 10.1. The molecule has 158 valence electrons. The second kappa shape index (κ2) is 15.0. The fourth-order valence-electron chi connectivity index (χ4n) is 5.17. The van der Waals surface area contributed by atoms with E-state index >= 15 is 0 Å². The van der Waals surface area contributed by atoms with Gasteiger partial charge in [-0.3, -0.25) is 0 Å². The van der Waals surface area contributed by atoms with Crippen molar-refractivity contribution in [2.24, 2.45) is 23.7 Å². The van der Waals surface area contributed by atoms with E-state index in [1.54, 1.807) is 0 Å². The Kier molecular flexibility index (Phi) is 12.5. The van der Waals surface area contributed by atoms with Gasteiger partial charge in [0.15, 0.2) is 0 Å². The van der Waals surface area contributed by atoms with Crippen molar-refractivity contribution < 1.29 is 0 Å². The maximum absolute atomic E-state index is 3.25. The van der Waals surface area contributed by atoms with Gasteiger partial charge in [-0.2, -0.15) is 0 Å². The van der Waals surface area contributed by atoms with Crippen LogP contribution in [-0.2, 0) is 0 Å². The molecule has 0 N–H and O–H groups in total. The molecule has 0 aromatic heterocycles. The molecule has 2 aliphatic carbocycles. The van der Waals surface area contributed by atoms with Gasteiger partial charge in [-0.15, -0.1) is 0 Å². The topological polar surface area (TPSA) is 0 Å². The zero-order valence-corrected chi connectivity index (χ0v) is 18.9. The molecule has 0 aromatic rings. The van der Waals surface area contributed by atoms with Crippen molar-refractivity contribution in [3.8, 4) is 11.8 Å². The monoisotopic (exact) mass is 382 g/mol. The summed E-state index contributed by atoms with van der Waals surface area (Å²) in [5.41, 5.74) is 0. The van der Waals surface area contributed by atoms with Crippen molar-refractivity contribution in [3.63, 3.8) is 0 Å². The predicted octanol–water partition coefficient (Wildman–Crippen LogP) is 8.88. The molecule has 0 amide bonds. The standard InChI is InChI=1S/C28H46/c1-3-5-9-13-25-17-21-27(22-18-25)15-11-7-8-12-16-28-23-19-26(20-24-28)14-10-6-4-2/h11-12,15-16,25-28H,3-6,9-10,13-14,17-24H2,1-2H3. The minimum absolute atomic E-state index is 0.781. The van der Waals surface area contributed by atoms with Crippen LogP contribution >= 0.6 is 0 Å². The third kappa shape index (κ3) is 10.0. The Hall–Kier alpha value is -0.960. The van der Waals surface area contributed by atoms with Crippen molar-refractivity contribution in [1.82, 2.24) is 0 Å². The lowest BCUT2D eigenvalue weighted by Crippen LogP contribution is -2.13. The molecule has 28 heavy (non-hydrogen) atoms. The van der Waals surface area contributed by atoms with Crippen LogP contribution in [0.5, 0.6) is 0 Å². The third-order valence-corrected chi connectivity index (χ3v) is 7.20. The fraction of sp³-hybridized carbons (Fsp3) is 0.786. The van der Waals surface area contributed by atoms with Crippen molar-refractivity contribution in [2.45, 2.75) is 117 Å². The normalized spacial score (nSPS) is 28.5. The molecule has 2 rings (SSSR count). The summed E-state index contributed by atoms with van der Waals surface area (Å²) in [6, 6.07) is 0. The minimum atomic E-state index is 0.781. The summed E-state index contributed by atoms with van der Waals surface area (Å²) < 4.78 is 0. The fourth-order valence-corrected chi connectivity index (χ4v) is 5.17. The maximum atomic E-state index is 3.25. The summed E-state index contributed by atoms with van der Waals surface area (Å²) in [6.45, 7) is 4.61. The summed E-state index contributed by atoms with van der Waals surface area (Å²) in [7, 11) is 0. The van der Waals surface area contributed by atoms with Crippen LogP contribution in [0.3, 0.4) is 0 Å². The third-order valence-electron chi connectivity index (χ3n) is 7.20. The lowest BCUT2D eigenvalue weighted by Gasteiger charge is -2.26. The number of hydrogen-bond donors (Lipinski definition) is 0. The van der Waals surface area contributed by atoms with E-state index in [0.717, 1.165) is 23.7 Å². The number of allylic oxidation sites excluding steroid dienone is 4. The molecule has 0 spiro atoms. The predicted molar refractivity (Wildman–Crippen MR) is 125 cm³/mol. The molecule has 0 radical (unpaired) electrons. The summed E-state index contributed by atoms with van der Waals surface area (Å²) in [6.07, 6.45) is 31.6. The van der Waals surface area contributed by atoms with E-state index in [4.69, 9.17) is 0 Å². The molecule has 0 heteroatoms. The summed E-state index contributed by atoms with van der Waals surface area (Å²) in [4.78, 5) is 0. The molecule has 0 nitrogen and oxygen atoms in total. The van der Waals surface area contributed by atoms with Crippen LogP contribution < -0.4 is 0 Å². The van der Waals surface area contributed by atoms with Gasteiger partial charge in [0, 0.05) is 0 Å². The van der Waals surface area contributed by atoms with Crippen LogP contribution in [-0.4, -0.2) is 0 Å². The zero-order chi connectivity index (χ0) is 19.9. The second-order valence-electron chi connectivity index (χ2n) is 9.56. The van der Waals surface area contributed by atoms with Crippen LogP contribution in [0.2, 0.25) is 0 Å². The smallest absolute Gasteiger partial charge is 0.0153 e. The number of hydrogen-bond acceptors (Lipinski definition) is 0. The Bertz CT molecular complexity index is 440. The van der Waals surface area contributed by atoms with E-state index in [1.165, 1.54) is 103 Å². The first-order valence-electron chi connectivity index (χ1n) is 12.7. The summed E-state index contributed by atoms with van der Waals surface area (Å²) in [5, 5.41) is 0. The maximum Gasteiger partial charge on any atom is -0.0153 e. The van der Waals surface area contributed by atoms with Gasteiger partial charge in [-0.25, -0.2) is 0 Å². The van der Waals surface area contributed by atoms with Gasteiger partial charge in [0.05, 0.1) is 0 Å². The van der Waals surface area contributed by atoms with E-state index < -0.39 is 0 Å². The largest absolute Gasteiger partial charge is 0.0730 e. The molecule has 0 heterocycles. The van der Waals surface area contributed by atoms with Gasteiger partial charge < -0.3 is 0 Å². The minimum Gasteiger partial charge on any atom is -0.0730 e. The first-order valence-corrected chi connectivity index (χ1v) is 12.7. The van der Waals surface area contributed by atoms with Gasteiger partial charge in [-0.1, -0.05) is 89.2 Å². The van der Waals surface area contributed by atoms with Crippen molar-refractivity contribution in [3.05, 3.63) is 24.3 Å². The van der Waals surface area contributed by atoms with E-state index in [2.05, 4.69) is 50.0 Å². The second-order valence-corrected chi connectivity index (χ2v) is 9.56. The van der Waals surface area contributed by atoms with Crippen LogP contribution in [0.25, 0.3) is 0 Å². The number of rotatable bonds is 10. The summed E-state index contributed by atoms with van der Waals surface area (Å²) >= 11 is 0. The average Bonchev–Trinajstić information content (AvgIpc) is 2.73. The molecule has 2 saturated carbocycles. The van der Waals surface area contributed by atoms with Crippen LogP contribution in [0.4, 0.5) is 0 Å². The molecule has 0 saturated heterocycles. The van der Waals surface area contributed by atoms with Crippen molar-refractivity contribution in [2.75, 3.05) is 0 Å². The highest BCUT2D eigenvalue weighted by Gasteiger charge is 2.19. The quantitative estimate of drug-likeness (QED) is 0.261. The van der Waals surface area contributed by atoms with Gasteiger partial charge in [0.1, 0.15) is 0 Å². The molecular weight excluding hydrogens is 336 g/mol. The van der Waals surface area contributed by atoms with Crippen molar-refractivity contribution in [1.29, 1.82) is 0 Å². The molecule has 0 atom stereocenters. The first-order chi connectivity index (χ1) is 13.8. The van der Waals surface area contributed by atoms with E-state index in [-0.39, 0.29) is 0 Å². The van der Waals surface area contributed by atoms with Crippen LogP contribution in [0, 0.1) is 35.5 Å². The molecule has 0 aliphatic heterocycles. The SMILES string of the molecule is CCCCCC1CCC(C=CC#CC=CC2CCC(CCCCC)CC2)CC1. The van der Waals surface area contributed by atoms with Gasteiger partial charge in [0.25, 0.3) is 0 Å². The van der Waals surface area contributed by atoms with Crippen molar-refractivity contribution >= 4 is 0 Å². The number of unbranched alkanes of at least 4 members (excludes halogenated alkanes) is 4. The van der Waals surface area contributed by atoms with E-state index in [1.807, 2.05) is 0 Å². The molecule has 0 aromatic carbocycles. The highest BCUT2D eigenvalue weighted by Crippen LogP contribution is 2.33. The highest BCUT2D eigenvalue weighted by molar-refractivity contribution is 5.24. The Morgan fingerprint density at radius 1 is 0.571 bits per heavy atom. The van der Waals surface area contributed by atoms with Gasteiger partial charge >= 0.3 is 0 Å². The van der Waals surface area contributed by atoms with Crippen LogP contribution in [0.15, 0.2) is 24.3 Å².